The van der Waals surface area contributed by atoms with Crippen molar-refractivity contribution in [3.05, 3.63) is 168 Å². The van der Waals surface area contributed by atoms with Gasteiger partial charge in [-0.1, -0.05) is 86.6 Å². The van der Waals surface area contributed by atoms with Crippen molar-refractivity contribution < 1.29 is 10.2 Å². The molecule has 0 spiro atoms. The van der Waals surface area contributed by atoms with Crippen LogP contribution in [0.3, 0.4) is 0 Å². The highest BCUT2D eigenvalue weighted by Crippen LogP contribution is 2.52. The predicted molar refractivity (Wildman–Crippen MR) is 195 cm³/mol. The highest BCUT2D eigenvalue weighted by atomic mass is 16.3. The predicted octanol–water partition coefficient (Wildman–Crippen LogP) is 10.0. The molecular formula is C43H40N2O2. The van der Waals surface area contributed by atoms with Crippen molar-refractivity contribution in [1.82, 2.24) is 0 Å². The molecule has 0 aliphatic heterocycles. The average molecular weight is 617 g/mol. The van der Waals surface area contributed by atoms with E-state index < -0.39 is 0 Å². The van der Waals surface area contributed by atoms with Crippen LogP contribution in [0.15, 0.2) is 146 Å². The van der Waals surface area contributed by atoms with E-state index in [0.717, 1.165) is 45.3 Å². The van der Waals surface area contributed by atoms with Gasteiger partial charge in [0.15, 0.2) is 0 Å². The molecule has 0 bridgehead atoms. The maximum Gasteiger partial charge on any atom is 0.0471 e. The van der Waals surface area contributed by atoms with Gasteiger partial charge in [0, 0.05) is 52.8 Å². The van der Waals surface area contributed by atoms with Gasteiger partial charge < -0.3 is 20.0 Å². The van der Waals surface area contributed by atoms with Crippen LogP contribution in [0.1, 0.15) is 36.1 Å². The third kappa shape index (κ3) is 5.83. The summed E-state index contributed by atoms with van der Waals surface area (Å²) in [7, 11) is 0. The van der Waals surface area contributed by atoms with Gasteiger partial charge in [-0.3, -0.25) is 0 Å². The molecule has 0 radical (unpaired) electrons. The lowest BCUT2D eigenvalue weighted by atomic mass is 9.82. The van der Waals surface area contributed by atoms with Crippen LogP contribution in [0.4, 0.5) is 34.1 Å². The first-order valence-electron chi connectivity index (χ1n) is 16.4. The van der Waals surface area contributed by atoms with E-state index in [1.165, 1.54) is 22.3 Å². The number of hydrogen-bond donors (Lipinski definition) is 2. The maximum atomic E-state index is 9.62. The van der Waals surface area contributed by atoms with Crippen molar-refractivity contribution in [2.75, 3.05) is 23.0 Å². The third-order valence-electron chi connectivity index (χ3n) is 9.33. The van der Waals surface area contributed by atoms with Gasteiger partial charge >= 0.3 is 0 Å². The maximum absolute atomic E-state index is 9.62. The number of benzene rings is 6. The number of hydrogen-bond acceptors (Lipinski definition) is 4. The van der Waals surface area contributed by atoms with Crippen LogP contribution in [0.2, 0.25) is 0 Å². The minimum atomic E-state index is -0.237. The first kappa shape index (κ1) is 30.5. The van der Waals surface area contributed by atoms with E-state index in [0.29, 0.717) is 12.8 Å². The lowest BCUT2D eigenvalue weighted by Crippen LogP contribution is -2.17. The quantitative estimate of drug-likeness (QED) is 0.161. The van der Waals surface area contributed by atoms with Crippen LogP contribution in [0.5, 0.6) is 0 Å². The van der Waals surface area contributed by atoms with Crippen molar-refractivity contribution in [3.8, 4) is 11.1 Å². The Morgan fingerprint density at radius 2 is 0.809 bits per heavy atom. The SMILES string of the molecule is CC1(C)c2cc(N(c3ccccc3)c3cccc(CCO)c3)ccc2-c2ccc(N(c3ccccc3)c3cccc(CCO)c3)cc21. The summed E-state index contributed by atoms with van der Waals surface area (Å²) in [6.07, 6.45) is 1.24. The lowest BCUT2D eigenvalue weighted by molar-refractivity contribution is 0.299. The molecule has 7 rings (SSSR count). The molecule has 0 unspecified atom stereocenters. The van der Waals surface area contributed by atoms with E-state index in [4.69, 9.17) is 0 Å². The molecule has 6 aromatic carbocycles. The van der Waals surface area contributed by atoms with Crippen molar-refractivity contribution in [1.29, 1.82) is 0 Å². The first-order valence-corrected chi connectivity index (χ1v) is 16.4. The highest BCUT2D eigenvalue weighted by Gasteiger charge is 2.37. The molecule has 1 aliphatic carbocycles. The smallest absolute Gasteiger partial charge is 0.0471 e. The van der Waals surface area contributed by atoms with Gasteiger partial charge in [0.2, 0.25) is 0 Å². The van der Waals surface area contributed by atoms with Gasteiger partial charge in [0.05, 0.1) is 0 Å². The number of rotatable bonds is 10. The Labute approximate surface area is 277 Å². The fourth-order valence-electron chi connectivity index (χ4n) is 7.00. The fourth-order valence-corrected chi connectivity index (χ4v) is 7.00. The van der Waals surface area contributed by atoms with Crippen molar-refractivity contribution in [3.63, 3.8) is 0 Å². The zero-order chi connectivity index (χ0) is 32.4. The van der Waals surface area contributed by atoms with Gasteiger partial charge in [0.25, 0.3) is 0 Å². The zero-order valence-electron chi connectivity index (χ0n) is 27.0. The molecule has 0 aromatic heterocycles. The van der Waals surface area contributed by atoms with Crippen molar-refractivity contribution in [2.45, 2.75) is 32.1 Å². The van der Waals surface area contributed by atoms with Crippen LogP contribution in [-0.4, -0.2) is 23.4 Å². The largest absolute Gasteiger partial charge is 0.396 e. The van der Waals surface area contributed by atoms with E-state index in [-0.39, 0.29) is 18.6 Å². The normalized spacial score (nSPS) is 12.8. The van der Waals surface area contributed by atoms with Gasteiger partial charge in [-0.25, -0.2) is 0 Å². The number of aliphatic hydroxyl groups excluding tert-OH is 2. The molecule has 0 saturated heterocycles. The number of nitrogens with zero attached hydrogens (tertiary/aromatic N) is 2. The van der Waals surface area contributed by atoms with E-state index >= 15 is 0 Å². The minimum Gasteiger partial charge on any atom is -0.396 e. The molecule has 4 heteroatoms. The summed E-state index contributed by atoms with van der Waals surface area (Å²) in [6.45, 7) is 4.90. The monoisotopic (exact) mass is 616 g/mol. The Morgan fingerprint density at radius 3 is 1.21 bits per heavy atom. The Kier molecular flexibility index (Phi) is 8.38. The summed E-state index contributed by atoms with van der Waals surface area (Å²) in [6, 6.07) is 51.6. The summed E-state index contributed by atoms with van der Waals surface area (Å²) >= 11 is 0. The second-order valence-corrected chi connectivity index (χ2v) is 12.7. The van der Waals surface area contributed by atoms with Gasteiger partial charge in [-0.15, -0.1) is 0 Å². The molecule has 1 aliphatic rings. The molecule has 0 atom stereocenters. The van der Waals surface area contributed by atoms with Gasteiger partial charge in [-0.2, -0.15) is 0 Å². The molecule has 4 nitrogen and oxygen atoms in total. The van der Waals surface area contributed by atoms with Crippen molar-refractivity contribution in [2.24, 2.45) is 0 Å². The second-order valence-electron chi connectivity index (χ2n) is 12.7. The van der Waals surface area contributed by atoms with Crippen molar-refractivity contribution >= 4 is 34.1 Å². The number of fused-ring (bicyclic) bond motifs is 3. The molecule has 6 aromatic rings. The average Bonchev–Trinajstić information content (AvgIpc) is 3.32. The summed E-state index contributed by atoms with van der Waals surface area (Å²) in [4.78, 5) is 4.62. The molecule has 0 amide bonds. The summed E-state index contributed by atoms with van der Waals surface area (Å²) in [5.41, 5.74) is 13.6. The second kappa shape index (κ2) is 12.9. The summed E-state index contributed by atoms with van der Waals surface area (Å²) in [5, 5.41) is 19.2. The number of para-hydroxylation sites is 2. The van der Waals surface area contributed by atoms with E-state index in [2.05, 4.69) is 157 Å². The Morgan fingerprint density at radius 1 is 0.426 bits per heavy atom. The molecule has 2 N–H and O–H groups in total. The van der Waals surface area contributed by atoms with Crippen LogP contribution in [0, 0.1) is 0 Å². The van der Waals surface area contributed by atoms with E-state index in [1.807, 2.05) is 12.1 Å². The zero-order valence-corrected chi connectivity index (χ0v) is 27.0. The van der Waals surface area contributed by atoms with Crippen LogP contribution >= 0.6 is 0 Å². The van der Waals surface area contributed by atoms with Crippen LogP contribution < -0.4 is 9.80 Å². The minimum absolute atomic E-state index is 0.123. The first-order chi connectivity index (χ1) is 23.0. The molecular weight excluding hydrogens is 576 g/mol. The summed E-state index contributed by atoms with van der Waals surface area (Å²) in [5.74, 6) is 0. The van der Waals surface area contributed by atoms with E-state index in [1.54, 1.807) is 0 Å². The molecule has 47 heavy (non-hydrogen) atoms. The highest BCUT2D eigenvalue weighted by molar-refractivity contribution is 5.88. The number of aliphatic hydroxyl groups is 2. The van der Waals surface area contributed by atoms with Crippen LogP contribution in [0.25, 0.3) is 11.1 Å². The lowest BCUT2D eigenvalue weighted by Gasteiger charge is -2.29. The van der Waals surface area contributed by atoms with Crippen LogP contribution in [-0.2, 0) is 18.3 Å². The molecule has 0 fully saturated rings. The third-order valence-corrected chi connectivity index (χ3v) is 9.33. The molecule has 0 saturated carbocycles. The number of anilines is 6. The van der Waals surface area contributed by atoms with Gasteiger partial charge in [0.1, 0.15) is 0 Å². The fraction of sp³-hybridized carbons (Fsp3) is 0.163. The molecule has 234 valence electrons. The van der Waals surface area contributed by atoms with Gasteiger partial charge in [-0.05, 0) is 119 Å². The Bertz CT molecular complexity index is 1860. The van der Waals surface area contributed by atoms with E-state index in [9.17, 15) is 10.2 Å². The Hall–Kier alpha value is -5.16. The molecule has 0 heterocycles. The standard InChI is InChI=1S/C43H40N2O2/c1-43(2)41-29-37(44(33-13-5-3-6-14-33)35-17-9-11-31(27-35)23-25-46)19-21-39(41)40-22-20-38(30-42(40)43)45(34-15-7-4-8-16-34)36-18-10-12-32(28-36)24-26-47/h3-22,27-30,46-47H,23-26H2,1-2H3. The Balaban J connectivity index is 1.32. The summed E-state index contributed by atoms with van der Waals surface area (Å²) < 4.78 is 0. The topological polar surface area (TPSA) is 46.9 Å².